The minimum absolute atomic E-state index is 0.175. The average molecular weight is 241 g/mol. The van der Waals surface area contributed by atoms with Crippen LogP contribution in [0.1, 0.15) is 0 Å². The van der Waals surface area contributed by atoms with Crippen molar-refractivity contribution in [1.29, 1.82) is 0 Å². The van der Waals surface area contributed by atoms with Crippen molar-refractivity contribution in [2.24, 2.45) is 0 Å². The Hall–Kier alpha value is -0.170. The quantitative estimate of drug-likeness (QED) is 0.400. The lowest BCUT2D eigenvalue weighted by Crippen LogP contribution is -2.39. The Balaban J connectivity index is 2.64. The van der Waals surface area contributed by atoms with E-state index in [0.29, 0.717) is 0 Å². The van der Waals surface area contributed by atoms with Crippen molar-refractivity contribution in [3.05, 3.63) is 0 Å². The fourth-order valence-electron chi connectivity index (χ4n) is 0.987. The third-order valence-electron chi connectivity index (χ3n) is 1.69. The number of aliphatic hydroxyl groups excluding tert-OH is 3. The maximum atomic E-state index is 10.7. The van der Waals surface area contributed by atoms with E-state index in [-0.39, 0.29) is 5.33 Å². The fraction of sp³-hybridized carbons (Fsp3) is 0.833. The Labute approximate surface area is 77.1 Å². The number of hydrogen-bond acceptors (Lipinski definition) is 5. The van der Waals surface area contributed by atoms with Crippen LogP contribution in [0.2, 0.25) is 0 Å². The van der Waals surface area contributed by atoms with Gasteiger partial charge in [-0.25, -0.2) is 4.79 Å². The van der Waals surface area contributed by atoms with Crippen LogP contribution in [0, 0.1) is 0 Å². The summed E-state index contributed by atoms with van der Waals surface area (Å²) in [5.74, 6) is -0.896. The molecule has 6 heteroatoms. The number of carbonyl (C=O) groups is 1. The highest BCUT2D eigenvalue weighted by molar-refractivity contribution is 9.09. The van der Waals surface area contributed by atoms with Gasteiger partial charge in [0, 0.05) is 5.33 Å². The molecule has 0 aromatic heterocycles. The number of aliphatic hydroxyl groups is 3. The second-order valence-corrected chi connectivity index (χ2v) is 3.21. The van der Waals surface area contributed by atoms with E-state index in [0.717, 1.165) is 0 Å². The molecule has 0 spiro atoms. The number of rotatable bonds is 2. The van der Waals surface area contributed by atoms with Crippen molar-refractivity contribution in [1.82, 2.24) is 0 Å². The number of halogens is 1. The number of cyclic esters (lactones) is 1. The van der Waals surface area contributed by atoms with Gasteiger partial charge in [0.2, 0.25) is 0 Å². The third kappa shape index (κ3) is 1.61. The minimum atomic E-state index is -1.54. The summed E-state index contributed by atoms with van der Waals surface area (Å²) >= 11 is 2.96. The molecule has 70 valence electrons. The van der Waals surface area contributed by atoms with E-state index in [4.69, 9.17) is 15.3 Å². The Morgan fingerprint density at radius 3 is 2.50 bits per heavy atom. The molecule has 12 heavy (non-hydrogen) atoms. The molecule has 1 heterocycles. The molecule has 4 atom stereocenters. The van der Waals surface area contributed by atoms with E-state index in [1.165, 1.54) is 0 Å². The number of hydrogen-bond donors (Lipinski definition) is 3. The molecule has 1 fully saturated rings. The molecule has 1 saturated heterocycles. The van der Waals surface area contributed by atoms with E-state index in [1.54, 1.807) is 0 Å². The number of alkyl halides is 1. The molecule has 0 unspecified atom stereocenters. The molecule has 0 aromatic rings. The van der Waals surface area contributed by atoms with Crippen molar-refractivity contribution in [2.45, 2.75) is 24.4 Å². The molecule has 1 rings (SSSR count). The van der Waals surface area contributed by atoms with E-state index in [9.17, 15) is 4.79 Å². The topological polar surface area (TPSA) is 87.0 Å². The van der Waals surface area contributed by atoms with Crippen LogP contribution >= 0.6 is 15.9 Å². The lowest BCUT2D eigenvalue weighted by atomic mass is 10.1. The average Bonchev–Trinajstić information content (AvgIpc) is 2.32. The normalized spacial score (nSPS) is 38.0. The molecule has 1 aliphatic rings. The summed E-state index contributed by atoms with van der Waals surface area (Å²) in [7, 11) is 0. The molecule has 0 bridgehead atoms. The molecule has 5 nitrogen and oxygen atoms in total. The Morgan fingerprint density at radius 2 is 2.17 bits per heavy atom. The summed E-state index contributed by atoms with van der Waals surface area (Å²) in [6.45, 7) is 0. The zero-order chi connectivity index (χ0) is 9.30. The zero-order valence-electron chi connectivity index (χ0n) is 6.05. The Kier molecular flexibility index (Phi) is 3.05. The second-order valence-electron chi connectivity index (χ2n) is 2.56. The van der Waals surface area contributed by atoms with Crippen LogP contribution in [0.4, 0.5) is 0 Å². The van der Waals surface area contributed by atoms with Crippen molar-refractivity contribution in [3.8, 4) is 0 Å². The van der Waals surface area contributed by atoms with Gasteiger partial charge in [0.05, 0.1) is 0 Å². The first kappa shape index (κ1) is 9.91. The van der Waals surface area contributed by atoms with E-state index < -0.39 is 30.4 Å². The summed E-state index contributed by atoms with van der Waals surface area (Å²) in [6, 6.07) is 0. The van der Waals surface area contributed by atoms with Gasteiger partial charge in [0.15, 0.2) is 12.2 Å². The predicted molar refractivity (Wildman–Crippen MR) is 41.7 cm³/mol. The van der Waals surface area contributed by atoms with E-state index in [2.05, 4.69) is 20.7 Å². The first-order chi connectivity index (χ1) is 5.57. The first-order valence-electron chi connectivity index (χ1n) is 3.38. The zero-order valence-corrected chi connectivity index (χ0v) is 7.64. The molecule has 0 aromatic carbocycles. The Morgan fingerprint density at radius 1 is 1.58 bits per heavy atom. The van der Waals surface area contributed by atoms with Crippen molar-refractivity contribution in [3.63, 3.8) is 0 Å². The summed E-state index contributed by atoms with van der Waals surface area (Å²) in [6.07, 6.45) is -4.92. The summed E-state index contributed by atoms with van der Waals surface area (Å²) in [5, 5.41) is 27.4. The van der Waals surface area contributed by atoms with Gasteiger partial charge in [-0.15, -0.1) is 0 Å². The van der Waals surface area contributed by atoms with Gasteiger partial charge < -0.3 is 20.1 Å². The molecule has 0 amide bonds. The highest BCUT2D eigenvalue weighted by Gasteiger charge is 2.45. The summed E-state index contributed by atoms with van der Waals surface area (Å²) in [5.41, 5.74) is 0. The largest absolute Gasteiger partial charge is 0.455 e. The van der Waals surface area contributed by atoms with Gasteiger partial charge >= 0.3 is 5.97 Å². The highest BCUT2D eigenvalue weighted by atomic mass is 79.9. The molecular weight excluding hydrogens is 232 g/mol. The predicted octanol–water partition coefficient (Wildman–Crippen LogP) is -1.61. The molecule has 3 N–H and O–H groups in total. The third-order valence-corrected chi connectivity index (χ3v) is 2.35. The maximum absolute atomic E-state index is 10.7. The van der Waals surface area contributed by atoms with Crippen LogP contribution in [-0.2, 0) is 9.53 Å². The van der Waals surface area contributed by atoms with E-state index in [1.807, 2.05) is 0 Å². The standard InChI is InChI=1S/C6H9BrO5/c7-1-2(8)5-3(9)4(10)6(11)12-5/h2-5,8-10H,1H2/t2-,3-,4-,5+/m1/s1. The van der Waals surface area contributed by atoms with Crippen molar-refractivity contribution in [2.75, 3.05) is 5.33 Å². The number of ether oxygens (including phenoxy) is 1. The van der Waals surface area contributed by atoms with Gasteiger partial charge in [-0.2, -0.15) is 0 Å². The van der Waals surface area contributed by atoms with Crippen LogP contribution in [0.3, 0.4) is 0 Å². The lowest BCUT2D eigenvalue weighted by Gasteiger charge is -2.17. The van der Waals surface area contributed by atoms with Crippen molar-refractivity contribution >= 4 is 21.9 Å². The molecule has 0 aliphatic carbocycles. The smallest absolute Gasteiger partial charge is 0.338 e. The van der Waals surface area contributed by atoms with Gasteiger partial charge in [-0.1, -0.05) is 15.9 Å². The first-order valence-corrected chi connectivity index (χ1v) is 4.50. The van der Waals surface area contributed by atoms with Crippen LogP contribution in [0.15, 0.2) is 0 Å². The number of esters is 1. The highest BCUT2D eigenvalue weighted by Crippen LogP contribution is 2.19. The maximum Gasteiger partial charge on any atom is 0.338 e. The monoisotopic (exact) mass is 240 g/mol. The summed E-state index contributed by atoms with van der Waals surface area (Å²) < 4.78 is 4.52. The van der Waals surface area contributed by atoms with Gasteiger partial charge in [0.25, 0.3) is 0 Å². The number of carbonyl (C=O) groups excluding carboxylic acids is 1. The lowest BCUT2D eigenvalue weighted by molar-refractivity contribution is -0.150. The Bertz CT molecular complexity index is 185. The summed E-state index contributed by atoms with van der Waals surface area (Å²) in [4.78, 5) is 10.7. The van der Waals surface area contributed by atoms with Gasteiger partial charge in [0.1, 0.15) is 12.2 Å². The van der Waals surface area contributed by atoms with Crippen LogP contribution in [0.25, 0.3) is 0 Å². The van der Waals surface area contributed by atoms with E-state index >= 15 is 0 Å². The molecule has 0 saturated carbocycles. The molecule has 1 aliphatic heterocycles. The van der Waals surface area contributed by atoms with Gasteiger partial charge in [-0.05, 0) is 0 Å². The van der Waals surface area contributed by atoms with Crippen LogP contribution in [0.5, 0.6) is 0 Å². The fourth-order valence-corrected chi connectivity index (χ4v) is 1.36. The minimum Gasteiger partial charge on any atom is -0.455 e. The van der Waals surface area contributed by atoms with Crippen LogP contribution in [-0.4, -0.2) is 51.0 Å². The van der Waals surface area contributed by atoms with Crippen LogP contribution < -0.4 is 0 Å². The second kappa shape index (κ2) is 3.69. The molecule has 0 radical (unpaired) electrons. The SMILES string of the molecule is O=C1O[C@@H]([C@H](O)CBr)[C@H](O)[C@H]1O. The van der Waals surface area contributed by atoms with Gasteiger partial charge in [-0.3, -0.25) is 0 Å². The molecular formula is C6H9BrO5. The van der Waals surface area contributed by atoms with Crippen molar-refractivity contribution < 1.29 is 24.9 Å².